The molecule has 1 heterocycles. The molecule has 0 bridgehead atoms. The third-order valence-corrected chi connectivity index (χ3v) is 4.69. The van der Waals surface area contributed by atoms with E-state index in [9.17, 15) is 5.11 Å². The van der Waals surface area contributed by atoms with Gasteiger partial charge in [-0.2, -0.15) is 0 Å². The summed E-state index contributed by atoms with van der Waals surface area (Å²) in [6, 6.07) is 10.7. The fraction of sp³-hybridized carbons (Fsp3) is 0.647. The topological polar surface area (TPSA) is 23.5 Å². The smallest absolute Gasteiger partial charge is 0.0434 e. The number of benzene rings is 1. The van der Waals surface area contributed by atoms with Crippen molar-refractivity contribution in [1.82, 2.24) is 4.90 Å². The number of likely N-dealkylation sites (tertiary alicyclic amines) is 1. The van der Waals surface area contributed by atoms with Crippen molar-refractivity contribution in [3.63, 3.8) is 0 Å². The summed E-state index contributed by atoms with van der Waals surface area (Å²) in [7, 11) is 0. The van der Waals surface area contributed by atoms with Gasteiger partial charge in [-0.3, -0.25) is 0 Å². The van der Waals surface area contributed by atoms with E-state index in [1.165, 1.54) is 18.5 Å². The van der Waals surface area contributed by atoms with Crippen molar-refractivity contribution in [3.8, 4) is 0 Å². The van der Waals surface area contributed by atoms with Crippen LogP contribution in [-0.4, -0.2) is 36.2 Å². The van der Waals surface area contributed by atoms with Gasteiger partial charge in [-0.05, 0) is 42.7 Å². The van der Waals surface area contributed by atoms with E-state index < -0.39 is 0 Å². The van der Waals surface area contributed by atoms with Gasteiger partial charge in [0.15, 0.2) is 0 Å². The van der Waals surface area contributed by atoms with Crippen LogP contribution in [0.1, 0.15) is 32.3 Å². The first-order valence-corrected chi connectivity index (χ1v) is 7.49. The lowest BCUT2D eigenvalue weighted by Crippen LogP contribution is -2.45. The number of aliphatic hydroxyl groups excluding tert-OH is 1. The number of nitrogens with zero attached hydrogens (tertiary/aromatic N) is 1. The second-order valence-corrected chi connectivity index (χ2v) is 6.48. The predicted molar refractivity (Wildman–Crippen MR) is 80.2 cm³/mol. The maximum Gasteiger partial charge on any atom is 0.0434 e. The van der Waals surface area contributed by atoms with Gasteiger partial charge in [-0.15, -0.1) is 0 Å². The molecule has 1 fully saturated rings. The van der Waals surface area contributed by atoms with Gasteiger partial charge >= 0.3 is 0 Å². The molecule has 2 nitrogen and oxygen atoms in total. The molecule has 1 unspecified atom stereocenters. The summed E-state index contributed by atoms with van der Waals surface area (Å²) in [5.41, 5.74) is 1.80. The number of hydrogen-bond donors (Lipinski definition) is 1. The Balaban J connectivity index is 1.85. The van der Waals surface area contributed by atoms with Crippen LogP contribution < -0.4 is 0 Å². The van der Waals surface area contributed by atoms with Crippen LogP contribution in [0.3, 0.4) is 0 Å². The second kappa shape index (κ2) is 6.53. The minimum atomic E-state index is 0.320. The van der Waals surface area contributed by atoms with E-state index in [0.29, 0.717) is 17.9 Å². The average Bonchev–Trinajstić information content (AvgIpc) is 2.41. The van der Waals surface area contributed by atoms with Gasteiger partial charge in [0.05, 0.1) is 0 Å². The molecule has 1 aromatic rings. The molecule has 1 N–H and O–H groups in total. The lowest BCUT2D eigenvalue weighted by Gasteiger charge is -2.44. The summed E-state index contributed by atoms with van der Waals surface area (Å²) in [6.07, 6.45) is 3.31. The monoisotopic (exact) mass is 261 g/mol. The van der Waals surface area contributed by atoms with Gasteiger partial charge in [0.2, 0.25) is 0 Å². The normalized spacial score (nSPS) is 23.4. The van der Waals surface area contributed by atoms with Gasteiger partial charge in [-0.1, -0.05) is 44.2 Å². The summed E-state index contributed by atoms with van der Waals surface area (Å²) < 4.78 is 0. The average molecular weight is 261 g/mol. The van der Waals surface area contributed by atoms with Crippen molar-refractivity contribution in [2.45, 2.75) is 33.1 Å². The largest absolute Gasteiger partial charge is 0.396 e. The van der Waals surface area contributed by atoms with Crippen molar-refractivity contribution in [2.24, 2.45) is 11.3 Å². The third kappa shape index (κ3) is 4.05. The summed E-state index contributed by atoms with van der Waals surface area (Å²) in [6.45, 7) is 8.49. The highest BCUT2D eigenvalue weighted by Gasteiger charge is 2.34. The van der Waals surface area contributed by atoms with Crippen LogP contribution >= 0.6 is 0 Å². The lowest BCUT2D eigenvalue weighted by atomic mass is 9.72. The zero-order valence-electron chi connectivity index (χ0n) is 12.3. The quantitative estimate of drug-likeness (QED) is 0.881. The van der Waals surface area contributed by atoms with Crippen LogP contribution in [0.2, 0.25) is 0 Å². The number of hydrogen-bond acceptors (Lipinski definition) is 2. The maximum atomic E-state index is 9.23. The van der Waals surface area contributed by atoms with Crippen molar-refractivity contribution in [2.75, 3.05) is 26.2 Å². The molecule has 0 aliphatic carbocycles. The second-order valence-electron chi connectivity index (χ2n) is 6.48. The van der Waals surface area contributed by atoms with E-state index in [4.69, 9.17) is 0 Å². The van der Waals surface area contributed by atoms with E-state index in [1.54, 1.807) is 0 Å². The van der Waals surface area contributed by atoms with Gasteiger partial charge in [-0.25, -0.2) is 0 Å². The SMILES string of the molecule is CC1(C)CCN(CCc2ccccc2)CC1CCO. The highest BCUT2D eigenvalue weighted by molar-refractivity contribution is 5.14. The number of rotatable bonds is 5. The highest BCUT2D eigenvalue weighted by Crippen LogP contribution is 2.37. The molecule has 1 aliphatic rings. The number of piperidine rings is 1. The fourth-order valence-electron chi connectivity index (χ4n) is 3.07. The standard InChI is InChI=1S/C17H27NO/c1-17(2)10-12-18(14-16(17)9-13-19)11-8-15-6-4-3-5-7-15/h3-7,16,19H,8-14H2,1-2H3. The molecular formula is C17H27NO. The molecule has 2 heteroatoms. The van der Waals surface area contributed by atoms with Gasteiger partial charge in [0, 0.05) is 19.7 Å². The van der Waals surface area contributed by atoms with Crippen LogP contribution in [-0.2, 0) is 6.42 Å². The van der Waals surface area contributed by atoms with Crippen LogP contribution in [0.5, 0.6) is 0 Å². The number of aliphatic hydroxyl groups is 1. The Hall–Kier alpha value is -0.860. The van der Waals surface area contributed by atoms with Crippen molar-refractivity contribution in [3.05, 3.63) is 35.9 Å². The molecule has 0 saturated carbocycles. The van der Waals surface area contributed by atoms with Gasteiger partial charge < -0.3 is 10.0 Å². The van der Waals surface area contributed by atoms with E-state index in [-0.39, 0.29) is 0 Å². The molecule has 0 radical (unpaired) electrons. The minimum absolute atomic E-state index is 0.320. The Labute approximate surface area is 117 Å². The predicted octanol–water partition coefficient (Wildman–Crippen LogP) is 2.96. The van der Waals surface area contributed by atoms with Crippen LogP contribution in [0.4, 0.5) is 0 Å². The molecule has 2 rings (SSSR count). The van der Waals surface area contributed by atoms with Gasteiger partial charge in [0.1, 0.15) is 0 Å². The first kappa shape index (κ1) is 14.5. The Bertz CT molecular complexity index is 374. The Kier molecular flexibility index (Phi) is 5.00. The van der Waals surface area contributed by atoms with E-state index >= 15 is 0 Å². The molecule has 19 heavy (non-hydrogen) atoms. The zero-order valence-corrected chi connectivity index (χ0v) is 12.3. The van der Waals surface area contributed by atoms with Crippen LogP contribution in [0, 0.1) is 11.3 Å². The van der Waals surface area contributed by atoms with Crippen LogP contribution in [0.15, 0.2) is 30.3 Å². The first-order valence-electron chi connectivity index (χ1n) is 7.49. The molecule has 1 aromatic carbocycles. The molecule has 0 aromatic heterocycles. The summed E-state index contributed by atoms with van der Waals surface area (Å²) in [5, 5.41) is 9.23. The van der Waals surface area contributed by atoms with Crippen LogP contribution in [0.25, 0.3) is 0 Å². The Morgan fingerprint density at radius 1 is 1.26 bits per heavy atom. The Morgan fingerprint density at radius 2 is 2.00 bits per heavy atom. The molecular weight excluding hydrogens is 234 g/mol. The molecule has 0 amide bonds. The molecule has 0 spiro atoms. The minimum Gasteiger partial charge on any atom is -0.396 e. The molecule has 1 atom stereocenters. The maximum absolute atomic E-state index is 9.23. The fourth-order valence-corrected chi connectivity index (χ4v) is 3.07. The molecule has 1 saturated heterocycles. The lowest BCUT2D eigenvalue weighted by molar-refractivity contribution is 0.0444. The summed E-state index contributed by atoms with van der Waals surface area (Å²) in [4.78, 5) is 2.57. The first-order chi connectivity index (χ1) is 9.12. The zero-order chi connectivity index (χ0) is 13.7. The van der Waals surface area contributed by atoms with Crippen molar-refractivity contribution < 1.29 is 5.11 Å². The molecule has 106 valence electrons. The molecule has 1 aliphatic heterocycles. The summed E-state index contributed by atoms with van der Waals surface area (Å²) in [5.74, 6) is 0.627. The van der Waals surface area contributed by atoms with E-state index in [2.05, 4.69) is 49.1 Å². The van der Waals surface area contributed by atoms with Crippen molar-refractivity contribution in [1.29, 1.82) is 0 Å². The van der Waals surface area contributed by atoms with E-state index in [1.807, 2.05) is 0 Å². The summed E-state index contributed by atoms with van der Waals surface area (Å²) >= 11 is 0. The highest BCUT2D eigenvalue weighted by atomic mass is 16.3. The van der Waals surface area contributed by atoms with Crippen molar-refractivity contribution >= 4 is 0 Å². The van der Waals surface area contributed by atoms with E-state index in [0.717, 1.165) is 25.9 Å². The Morgan fingerprint density at radius 3 is 2.68 bits per heavy atom. The third-order valence-electron chi connectivity index (χ3n) is 4.69. The van der Waals surface area contributed by atoms with Gasteiger partial charge in [0.25, 0.3) is 0 Å².